The van der Waals surface area contributed by atoms with Gasteiger partial charge >= 0.3 is 5.97 Å². The first-order valence-electron chi connectivity index (χ1n) is 6.23. The fourth-order valence-electron chi connectivity index (χ4n) is 1.98. The summed E-state index contributed by atoms with van der Waals surface area (Å²) in [6.07, 6.45) is 1.12. The minimum absolute atomic E-state index is 0.378. The lowest BCUT2D eigenvalue weighted by Crippen LogP contribution is -2.40. The molecule has 1 atom stereocenters. The maximum absolute atomic E-state index is 12.0. The number of benzene rings is 1. The molecule has 3 N–H and O–H groups in total. The average molecular weight is 260 g/mol. The highest BCUT2D eigenvalue weighted by atomic mass is 16.4. The highest BCUT2D eigenvalue weighted by Gasteiger charge is 2.20. The van der Waals surface area contributed by atoms with E-state index in [2.05, 4.69) is 10.3 Å². The summed E-state index contributed by atoms with van der Waals surface area (Å²) in [5.74, 6) is -1.40. The number of nitrogens with one attached hydrogen (secondary N) is 2. The number of aliphatic carboxylic acids is 1. The number of H-pyrrole nitrogens is 1. The number of carboxylic acids is 1. The molecular weight excluding hydrogens is 244 g/mol. The van der Waals surface area contributed by atoms with Gasteiger partial charge in [-0.3, -0.25) is 4.79 Å². The van der Waals surface area contributed by atoms with Crippen LogP contribution in [0, 0.1) is 0 Å². The van der Waals surface area contributed by atoms with Gasteiger partial charge in [0.15, 0.2) is 0 Å². The number of rotatable bonds is 5. The van der Waals surface area contributed by atoms with Crippen LogP contribution in [0.3, 0.4) is 0 Å². The zero-order chi connectivity index (χ0) is 13.8. The molecule has 0 saturated heterocycles. The van der Waals surface area contributed by atoms with Crippen molar-refractivity contribution in [3.8, 4) is 0 Å². The van der Waals surface area contributed by atoms with Gasteiger partial charge in [0.05, 0.1) is 0 Å². The summed E-state index contributed by atoms with van der Waals surface area (Å²) in [6, 6.07) is 8.39. The molecule has 0 fully saturated rings. The fourth-order valence-corrected chi connectivity index (χ4v) is 1.98. The first kappa shape index (κ1) is 13.1. The number of hydrogen-bond donors (Lipinski definition) is 3. The Morgan fingerprint density at radius 1 is 1.37 bits per heavy atom. The van der Waals surface area contributed by atoms with Crippen molar-refractivity contribution < 1.29 is 14.7 Å². The van der Waals surface area contributed by atoms with Crippen molar-refractivity contribution in [3.05, 3.63) is 36.0 Å². The zero-order valence-electron chi connectivity index (χ0n) is 10.6. The van der Waals surface area contributed by atoms with Gasteiger partial charge in [0, 0.05) is 10.9 Å². The quantitative estimate of drug-likeness (QED) is 0.770. The van der Waals surface area contributed by atoms with Crippen molar-refractivity contribution in [1.29, 1.82) is 0 Å². The number of hydrogen-bond acceptors (Lipinski definition) is 2. The normalized spacial score (nSPS) is 12.3. The minimum Gasteiger partial charge on any atom is -0.480 e. The van der Waals surface area contributed by atoms with Gasteiger partial charge in [0.25, 0.3) is 5.91 Å². The largest absolute Gasteiger partial charge is 0.480 e. The van der Waals surface area contributed by atoms with Crippen LogP contribution in [0.5, 0.6) is 0 Å². The topological polar surface area (TPSA) is 82.2 Å². The molecule has 0 bridgehead atoms. The second-order valence-corrected chi connectivity index (χ2v) is 4.42. The van der Waals surface area contributed by atoms with E-state index in [1.807, 2.05) is 31.2 Å². The number of carbonyl (C=O) groups is 2. The monoisotopic (exact) mass is 260 g/mol. The Bertz CT molecular complexity index is 571. The van der Waals surface area contributed by atoms with Crippen molar-refractivity contribution >= 4 is 22.8 Å². The van der Waals surface area contributed by atoms with Crippen LogP contribution in [0.4, 0.5) is 0 Å². The molecule has 0 spiro atoms. The Hall–Kier alpha value is -2.30. The third-order valence-electron chi connectivity index (χ3n) is 2.96. The van der Waals surface area contributed by atoms with Crippen molar-refractivity contribution in [2.75, 3.05) is 0 Å². The second kappa shape index (κ2) is 5.56. The molecule has 2 rings (SSSR count). The van der Waals surface area contributed by atoms with E-state index >= 15 is 0 Å². The summed E-state index contributed by atoms with van der Waals surface area (Å²) >= 11 is 0. The number of fused-ring (bicyclic) bond motifs is 1. The number of para-hydroxylation sites is 1. The molecule has 0 unspecified atom stereocenters. The molecule has 0 aliphatic rings. The van der Waals surface area contributed by atoms with Crippen molar-refractivity contribution in [2.24, 2.45) is 0 Å². The molecule has 0 aliphatic heterocycles. The predicted octanol–water partition coefficient (Wildman–Crippen LogP) is 2.15. The van der Waals surface area contributed by atoms with Gasteiger partial charge in [-0.1, -0.05) is 31.5 Å². The van der Waals surface area contributed by atoms with Crippen LogP contribution in [0.2, 0.25) is 0 Å². The first-order valence-corrected chi connectivity index (χ1v) is 6.23. The van der Waals surface area contributed by atoms with Crippen LogP contribution in [-0.4, -0.2) is 28.0 Å². The van der Waals surface area contributed by atoms with Crippen LogP contribution in [0.25, 0.3) is 10.9 Å². The lowest BCUT2D eigenvalue weighted by molar-refractivity contribution is -0.139. The summed E-state index contributed by atoms with van der Waals surface area (Å²) in [5.41, 5.74) is 1.23. The maximum Gasteiger partial charge on any atom is 0.326 e. The Labute approximate surface area is 110 Å². The van der Waals surface area contributed by atoms with Crippen molar-refractivity contribution in [3.63, 3.8) is 0 Å². The van der Waals surface area contributed by atoms with E-state index in [9.17, 15) is 9.59 Å². The van der Waals surface area contributed by atoms with Gasteiger partial charge in [-0.25, -0.2) is 4.79 Å². The van der Waals surface area contributed by atoms with Gasteiger partial charge in [0.1, 0.15) is 11.7 Å². The summed E-state index contributed by atoms with van der Waals surface area (Å²) in [5, 5.41) is 12.5. The summed E-state index contributed by atoms with van der Waals surface area (Å²) < 4.78 is 0. The van der Waals surface area contributed by atoms with Crippen LogP contribution in [0.1, 0.15) is 30.3 Å². The lowest BCUT2D eigenvalue weighted by atomic mass is 10.1. The third kappa shape index (κ3) is 2.93. The van der Waals surface area contributed by atoms with Gasteiger partial charge in [-0.2, -0.15) is 0 Å². The van der Waals surface area contributed by atoms with E-state index in [1.165, 1.54) is 0 Å². The van der Waals surface area contributed by atoms with E-state index in [0.717, 1.165) is 10.9 Å². The van der Waals surface area contributed by atoms with E-state index < -0.39 is 17.9 Å². The fraction of sp³-hybridized carbons (Fsp3) is 0.286. The van der Waals surface area contributed by atoms with E-state index in [0.29, 0.717) is 18.5 Å². The molecule has 1 aromatic heterocycles. The number of carbonyl (C=O) groups excluding carboxylic acids is 1. The Morgan fingerprint density at radius 2 is 2.11 bits per heavy atom. The zero-order valence-corrected chi connectivity index (χ0v) is 10.6. The Balaban J connectivity index is 2.16. The molecule has 19 heavy (non-hydrogen) atoms. The maximum atomic E-state index is 12.0. The first-order chi connectivity index (χ1) is 9.11. The van der Waals surface area contributed by atoms with Crippen LogP contribution in [0.15, 0.2) is 30.3 Å². The third-order valence-corrected chi connectivity index (χ3v) is 2.96. The molecule has 0 radical (unpaired) electrons. The number of amides is 1. The molecule has 0 aliphatic carbocycles. The van der Waals surface area contributed by atoms with Crippen molar-refractivity contribution in [2.45, 2.75) is 25.8 Å². The van der Waals surface area contributed by atoms with Crippen LogP contribution >= 0.6 is 0 Å². The van der Waals surface area contributed by atoms with E-state index in [1.54, 1.807) is 6.07 Å². The van der Waals surface area contributed by atoms with Crippen LogP contribution < -0.4 is 5.32 Å². The highest BCUT2D eigenvalue weighted by Crippen LogP contribution is 2.14. The highest BCUT2D eigenvalue weighted by molar-refractivity contribution is 5.99. The minimum atomic E-state index is -1.01. The molecule has 2 aromatic rings. The van der Waals surface area contributed by atoms with E-state index in [-0.39, 0.29) is 0 Å². The SMILES string of the molecule is CCC[C@@H](NC(=O)c1cc2ccccc2[nH]1)C(=O)O. The predicted molar refractivity (Wildman–Crippen MR) is 72.1 cm³/mol. The Morgan fingerprint density at radius 3 is 2.74 bits per heavy atom. The standard InChI is InChI=1S/C14H16N2O3/c1-2-5-11(14(18)19)16-13(17)12-8-9-6-3-4-7-10(9)15-12/h3-4,6-8,11,15H,2,5H2,1H3,(H,16,17)(H,18,19)/t11-/m1/s1. The van der Waals surface area contributed by atoms with Gasteiger partial charge < -0.3 is 15.4 Å². The number of carboxylic acid groups (broad SMARTS) is 1. The Kier molecular flexibility index (Phi) is 3.85. The van der Waals surface area contributed by atoms with Crippen molar-refractivity contribution in [1.82, 2.24) is 10.3 Å². The molecule has 5 nitrogen and oxygen atoms in total. The second-order valence-electron chi connectivity index (χ2n) is 4.42. The summed E-state index contributed by atoms with van der Waals surface area (Å²) in [4.78, 5) is 26.0. The van der Waals surface area contributed by atoms with Crippen LogP contribution in [-0.2, 0) is 4.79 Å². The van der Waals surface area contributed by atoms with Gasteiger partial charge in [-0.05, 0) is 18.6 Å². The molecular formula is C14H16N2O3. The van der Waals surface area contributed by atoms with E-state index in [4.69, 9.17) is 5.11 Å². The molecule has 0 saturated carbocycles. The molecule has 100 valence electrons. The smallest absolute Gasteiger partial charge is 0.326 e. The molecule has 1 aromatic carbocycles. The summed E-state index contributed by atoms with van der Waals surface area (Å²) in [6.45, 7) is 1.88. The lowest BCUT2D eigenvalue weighted by Gasteiger charge is -2.12. The number of aromatic amines is 1. The van der Waals surface area contributed by atoms with Gasteiger partial charge in [0.2, 0.25) is 0 Å². The van der Waals surface area contributed by atoms with Gasteiger partial charge in [-0.15, -0.1) is 0 Å². The average Bonchev–Trinajstić information content (AvgIpc) is 2.81. The summed E-state index contributed by atoms with van der Waals surface area (Å²) in [7, 11) is 0. The molecule has 1 amide bonds. The number of aromatic nitrogens is 1. The molecule has 1 heterocycles. The molecule has 5 heteroatoms.